The lowest BCUT2D eigenvalue weighted by molar-refractivity contribution is -0.119. The monoisotopic (exact) mass is 495 g/mol. The summed E-state index contributed by atoms with van der Waals surface area (Å²) in [5, 5.41) is 3.96. The maximum Gasteiger partial charge on any atom is 0.264 e. The number of nitrogens with zero attached hydrogens (tertiary/aromatic N) is 2. The highest BCUT2D eigenvalue weighted by molar-refractivity contribution is 7.92. The Morgan fingerprint density at radius 2 is 1.77 bits per heavy atom. The molecule has 1 N–H and O–H groups in total. The van der Waals surface area contributed by atoms with Crippen molar-refractivity contribution >= 4 is 27.8 Å². The largest absolute Gasteiger partial charge is 0.494 e. The van der Waals surface area contributed by atoms with Gasteiger partial charge in [-0.05, 0) is 74.0 Å². The molecular formula is C25H25N3O6S. The third kappa shape index (κ3) is 5.72. The number of anilines is 1. The van der Waals surface area contributed by atoms with E-state index in [1.54, 1.807) is 54.6 Å². The van der Waals surface area contributed by atoms with Gasteiger partial charge in [0.2, 0.25) is 6.79 Å². The molecule has 1 heterocycles. The summed E-state index contributed by atoms with van der Waals surface area (Å²) in [5.41, 5.74) is 4.40. The highest BCUT2D eigenvalue weighted by atomic mass is 32.2. The number of amides is 1. The predicted molar refractivity (Wildman–Crippen MR) is 132 cm³/mol. The van der Waals surface area contributed by atoms with Crippen LogP contribution in [0.3, 0.4) is 0 Å². The summed E-state index contributed by atoms with van der Waals surface area (Å²) < 4.78 is 44.0. The maximum absolute atomic E-state index is 13.5. The molecule has 0 unspecified atom stereocenters. The normalized spacial score (nSPS) is 12.5. The second kappa shape index (κ2) is 10.5. The van der Waals surface area contributed by atoms with Crippen molar-refractivity contribution in [1.82, 2.24) is 5.43 Å². The molecule has 10 heteroatoms. The number of hydrogen-bond donors (Lipinski definition) is 1. The topological polar surface area (TPSA) is 107 Å². The average Bonchev–Trinajstić information content (AvgIpc) is 3.32. The van der Waals surface area contributed by atoms with Crippen LogP contribution in [0.15, 0.2) is 76.7 Å². The number of carbonyl (C=O) groups excluding carboxylic acids is 1. The minimum atomic E-state index is -4.04. The first-order valence-electron chi connectivity index (χ1n) is 10.9. The molecule has 4 rings (SSSR count). The van der Waals surface area contributed by atoms with E-state index < -0.39 is 22.5 Å². The highest BCUT2D eigenvalue weighted by Gasteiger charge is 2.27. The van der Waals surface area contributed by atoms with Crippen molar-refractivity contribution in [1.29, 1.82) is 0 Å². The summed E-state index contributed by atoms with van der Waals surface area (Å²) in [6.07, 6.45) is 1.44. The van der Waals surface area contributed by atoms with Crippen molar-refractivity contribution in [2.75, 3.05) is 24.2 Å². The van der Waals surface area contributed by atoms with Gasteiger partial charge < -0.3 is 14.2 Å². The van der Waals surface area contributed by atoms with E-state index in [0.29, 0.717) is 35.1 Å². The van der Waals surface area contributed by atoms with Crippen LogP contribution in [0.4, 0.5) is 5.69 Å². The van der Waals surface area contributed by atoms with Gasteiger partial charge in [-0.15, -0.1) is 0 Å². The van der Waals surface area contributed by atoms with Crippen LogP contribution in [0.25, 0.3) is 0 Å². The van der Waals surface area contributed by atoms with Crippen LogP contribution in [0, 0.1) is 6.92 Å². The van der Waals surface area contributed by atoms with Crippen LogP contribution in [0.5, 0.6) is 17.2 Å². The summed E-state index contributed by atoms with van der Waals surface area (Å²) in [7, 11) is -4.04. The van der Waals surface area contributed by atoms with Crippen LogP contribution < -0.4 is 23.9 Å². The number of rotatable bonds is 9. The number of aryl methyl sites for hydroxylation is 1. The second-order valence-electron chi connectivity index (χ2n) is 7.66. The Hall–Kier alpha value is -4.05. The number of nitrogens with one attached hydrogen (secondary N) is 1. The molecule has 0 saturated carbocycles. The molecule has 0 radical (unpaired) electrons. The van der Waals surface area contributed by atoms with E-state index in [0.717, 1.165) is 9.87 Å². The Bertz CT molecular complexity index is 1320. The summed E-state index contributed by atoms with van der Waals surface area (Å²) in [6.45, 7) is 3.90. The average molecular weight is 496 g/mol. The Balaban J connectivity index is 1.52. The van der Waals surface area contributed by atoms with Gasteiger partial charge in [0.25, 0.3) is 15.9 Å². The van der Waals surface area contributed by atoms with Crippen molar-refractivity contribution < 1.29 is 27.4 Å². The number of hydrogen-bond acceptors (Lipinski definition) is 7. The summed E-state index contributed by atoms with van der Waals surface area (Å²) in [5.74, 6) is 1.19. The van der Waals surface area contributed by atoms with Crippen LogP contribution in [0.2, 0.25) is 0 Å². The first-order valence-corrected chi connectivity index (χ1v) is 12.3. The number of sulfonamides is 1. The van der Waals surface area contributed by atoms with E-state index in [1.165, 1.54) is 18.3 Å². The lowest BCUT2D eigenvalue weighted by Gasteiger charge is -2.24. The molecule has 0 bridgehead atoms. The van der Waals surface area contributed by atoms with Crippen molar-refractivity contribution in [3.8, 4) is 17.2 Å². The van der Waals surface area contributed by atoms with Gasteiger partial charge in [-0.3, -0.25) is 9.10 Å². The minimum Gasteiger partial charge on any atom is -0.494 e. The molecule has 35 heavy (non-hydrogen) atoms. The molecule has 0 atom stereocenters. The Kier molecular flexibility index (Phi) is 7.21. The molecule has 1 aliphatic rings. The van der Waals surface area contributed by atoms with Crippen molar-refractivity contribution in [2.24, 2.45) is 5.10 Å². The second-order valence-corrected chi connectivity index (χ2v) is 9.52. The van der Waals surface area contributed by atoms with E-state index >= 15 is 0 Å². The molecule has 3 aromatic carbocycles. The van der Waals surface area contributed by atoms with Gasteiger partial charge in [-0.2, -0.15) is 5.10 Å². The van der Waals surface area contributed by atoms with Crippen LogP contribution >= 0.6 is 0 Å². The lowest BCUT2D eigenvalue weighted by atomic mass is 10.2. The van der Waals surface area contributed by atoms with Crippen molar-refractivity contribution in [2.45, 2.75) is 18.7 Å². The summed E-state index contributed by atoms with van der Waals surface area (Å²) in [4.78, 5) is 12.7. The molecule has 0 aliphatic carbocycles. The Labute approximate surface area is 204 Å². The molecule has 1 amide bonds. The van der Waals surface area contributed by atoms with Crippen molar-refractivity contribution in [3.05, 3.63) is 77.9 Å². The number of benzene rings is 3. The van der Waals surface area contributed by atoms with Crippen LogP contribution in [0.1, 0.15) is 18.1 Å². The first kappa shape index (κ1) is 24.1. The minimum absolute atomic E-state index is 0.0400. The third-order valence-electron chi connectivity index (χ3n) is 5.13. The maximum atomic E-state index is 13.5. The third-order valence-corrected chi connectivity index (χ3v) is 6.92. The zero-order valence-corrected chi connectivity index (χ0v) is 20.1. The lowest BCUT2D eigenvalue weighted by Crippen LogP contribution is -2.39. The molecule has 0 aromatic heterocycles. The SMILES string of the molecule is CCOc1ccc(S(=O)(=O)N(CC(=O)NN=Cc2ccc3c(c2)OCO3)c2ccc(C)cc2)cc1. The van der Waals surface area contributed by atoms with E-state index in [-0.39, 0.29) is 11.7 Å². The quantitative estimate of drug-likeness (QED) is 0.360. The zero-order chi connectivity index (χ0) is 24.8. The van der Waals surface area contributed by atoms with E-state index in [9.17, 15) is 13.2 Å². The molecule has 182 valence electrons. The first-order chi connectivity index (χ1) is 16.9. The van der Waals surface area contributed by atoms with Crippen LogP contribution in [-0.4, -0.2) is 40.5 Å². The van der Waals surface area contributed by atoms with Gasteiger partial charge in [0.15, 0.2) is 11.5 Å². The smallest absolute Gasteiger partial charge is 0.264 e. The van der Waals surface area contributed by atoms with E-state index in [4.69, 9.17) is 14.2 Å². The van der Waals surface area contributed by atoms with Gasteiger partial charge >= 0.3 is 0 Å². The molecule has 1 aliphatic heterocycles. The molecular weight excluding hydrogens is 470 g/mol. The van der Waals surface area contributed by atoms with Gasteiger partial charge in [0, 0.05) is 0 Å². The fraction of sp³-hybridized carbons (Fsp3) is 0.200. The fourth-order valence-corrected chi connectivity index (χ4v) is 4.79. The molecule has 3 aromatic rings. The van der Waals surface area contributed by atoms with Gasteiger partial charge in [-0.1, -0.05) is 17.7 Å². The van der Waals surface area contributed by atoms with Crippen molar-refractivity contribution in [3.63, 3.8) is 0 Å². The number of hydrazone groups is 1. The molecule has 9 nitrogen and oxygen atoms in total. The summed E-state index contributed by atoms with van der Waals surface area (Å²) in [6, 6.07) is 18.2. The molecule has 0 saturated heterocycles. The van der Waals surface area contributed by atoms with Gasteiger partial charge in [0.1, 0.15) is 12.3 Å². The highest BCUT2D eigenvalue weighted by Crippen LogP contribution is 2.32. The number of carbonyl (C=O) groups is 1. The Morgan fingerprint density at radius 3 is 2.49 bits per heavy atom. The number of ether oxygens (including phenoxy) is 3. The molecule has 0 spiro atoms. The van der Waals surface area contributed by atoms with E-state index in [1.807, 2.05) is 13.8 Å². The van der Waals surface area contributed by atoms with Gasteiger partial charge in [0.05, 0.1) is 23.4 Å². The van der Waals surface area contributed by atoms with Gasteiger partial charge in [-0.25, -0.2) is 13.8 Å². The predicted octanol–water partition coefficient (Wildman–Crippen LogP) is 3.47. The Morgan fingerprint density at radius 1 is 1.06 bits per heavy atom. The number of fused-ring (bicyclic) bond motifs is 1. The standard InChI is InChI=1S/C25H25N3O6S/c1-3-32-21-9-11-22(12-10-21)35(30,31)28(20-7-4-18(2)5-8-20)16-25(29)27-26-15-19-6-13-23-24(14-19)34-17-33-23/h4-15H,3,16-17H2,1-2H3,(H,27,29). The molecule has 0 fully saturated rings. The zero-order valence-electron chi connectivity index (χ0n) is 19.3. The fourth-order valence-electron chi connectivity index (χ4n) is 3.37. The summed E-state index contributed by atoms with van der Waals surface area (Å²) >= 11 is 0. The van der Waals surface area contributed by atoms with E-state index in [2.05, 4.69) is 10.5 Å². The van der Waals surface area contributed by atoms with Crippen LogP contribution in [-0.2, 0) is 14.8 Å².